The molecule has 0 bridgehead atoms. The summed E-state index contributed by atoms with van der Waals surface area (Å²) in [4.78, 5) is 27.0. The van der Waals surface area contributed by atoms with Crippen molar-refractivity contribution in [3.05, 3.63) is 84.7 Å². The normalized spacial score (nSPS) is 14.2. The van der Waals surface area contributed by atoms with Gasteiger partial charge in [0.25, 0.3) is 5.56 Å². The van der Waals surface area contributed by atoms with Crippen molar-refractivity contribution >= 4 is 35.5 Å². The lowest BCUT2D eigenvalue weighted by Gasteiger charge is -2.25. The van der Waals surface area contributed by atoms with Crippen LogP contribution >= 0.6 is 11.3 Å². The van der Waals surface area contributed by atoms with Crippen molar-refractivity contribution in [2.75, 3.05) is 10.4 Å². The van der Waals surface area contributed by atoms with Gasteiger partial charge in [0.05, 0.1) is 11.1 Å². The number of aliphatic hydroxyl groups excluding tert-OH is 1. The second kappa shape index (κ2) is 9.21. The number of aromatic nitrogens is 4. The standard InChI is InChI=1S/C26H25N7O2S/c1-16-17(7-8-24(35)33(16)31-26-28-10-4-11-29-26)18-9-12-27-25(21(18)15-34)32-14-23-20(13-30-32)19-5-2-3-6-22(19)36-23/h4,7-14,30,34H,2-3,5-6,15H2,1H3,(H,28,29,31). The summed E-state index contributed by atoms with van der Waals surface area (Å²) < 4.78 is 2.61. The fourth-order valence-electron chi connectivity index (χ4n) is 4.89. The number of fused-ring (bicyclic) bond motifs is 3. The Bertz CT molecular complexity index is 1630. The highest BCUT2D eigenvalue weighted by Gasteiger charge is 2.21. The van der Waals surface area contributed by atoms with Crippen molar-refractivity contribution in [1.29, 1.82) is 0 Å². The van der Waals surface area contributed by atoms with E-state index < -0.39 is 0 Å². The van der Waals surface area contributed by atoms with Crippen LogP contribution in [0, 0.1) is 6.92 Å². The molecule has 1 aliphatic carbocycles. The van der Waals surface area contributed by atoms with Gasteiger partial charge in [-0.2, -0.15) is 0 Å². The molecule has 36 heavy (non-hydrogen) atoms. The minimum Gasteiger partial charge on any atom is -0.392 e. The van der Waals surface area contributed by atoms with Gasteiger partial charge >= 0.3 is 0 Å². The smallest absolute Gasteiger partial charge is 0.269 e. The van der Waals surface area contributed by atoms with Gasteiger partial charge in [0, 0.05) is 64.0 Å². The predicted octanol–water partition coefficient (Wildman–Crippen LogP) is 1.82. The number of pyridine rings is 2. The maximum atomic E-state index is 12.7. The van der Waals surface area contributed by atoms with E-state index in [4.69, 9.17) is 0 Å². The van der Waals surface area contributed by atoms with Crippen LogP contribution in [0.25, 0.3) is 23.5 Å². The molecule has 0 saturated heterocycles. The molecule has 3 N–H and O–H groups in total. The predicted molar refractivity (Wildman–Crippen MR) is 140 cm³/mol. The van der Waals surface area contributed by atoms with E-state index in [-0.39, 0.29) is 12.2 Å². The zero-order valence-corrected chi connectivity index (χ0v) is 20.5. The Labute approximate surface area is 211 Å². The minimum absolute atomic E-state index is 0.216. The summed E-state index contributed by atoms with van der Waals surface area (Å²) in [5.74, 6) is 0.925. The summed E-state index contributed by atoms with van der Waals surface area (Å²) in [6, 6.07) is 6.82. The summed E-state index contributed by atoms with van der Waals surface area (Å²) in [6.45, 7) is 1.63. The Morgan fingerprint density at radius 2 is 1.92 bits per heavy atom. The summed E-state index contributed by atoms with van der Waals surface area (Å²) >= 11 is 1.84. The third-order valence-electron chi connectivity index (χ3n) is 6.66. The fraction of sp³-hybridized carbons (Fsp3) is 0.231. The van der Waals surface area contributed by atoms with Gasteiger partial charge in [-0.25, -0.2) is 24.6 Å². The van der Waals surface area contributed by atoms with E-state index in [0.717, 1.165) is 24.0 Å². The molecule has 9 nitrogen and oxygen atoms in total. The highest BCUT2D eigenvalue weighted by Crippen LogP contribution is 2.31. The Hall–Kier alpha value is -4.02. The average Bonchev–Trinajstić information content (AvgIpc) is 3.29. The Balaban J connectivity index is 1.42. The number of anilines is 2. The first-order valence-corrected chi connectivity index (χ1v) is 12.7. The SMILES string of the molecule is Cc1c(-c2ccnc(N3C=c4sc5c(c4=CN3)CCCC5)c2CO)ccc(=O)n1Nc1ncccn1. The number of rotatable bonds is 5. The van der Waals surface area contributed by atoms with Gasteiger partial charge in [-0.3, -0.25) is 15.6 Å². The van der Waals surface area contributed by atoms with Crippen LogP contribution in [0.3, 0.4) is 0 Å². The molecule has 5 heterocycles. The molecule has 0 unspecified atom stereocenters. The molecule has 0 radical (unpaired) electrons. The van der Waals surface area contributed by atoms with Crippen LogP contribution in [0.2, 0.25) is 0 Å². The number of hydrazine groups is 1. The van der Waals surface area contributed by atoms with Gasteiger partial charge in [0.2, 0.25) is 5.95 Å². The zero-order valence-electron chi connectivity index (χ0n) is 19.7. The third-order valence-corrected chi connectivity index (χ3v) is 7.90. The van der Waals surface area contributed by atoms with E-state index in [1.54, 1.807) is 30.7 Å². The molecule has 1 aliphatic heterocycles. The molecule has 2 aliphatic rings. The van der Waals surface area contributed by atoms with Crippen molar-refractivity contribution in [3.63, 3.8) is 0 Å². The van der Waals surface area contributed by atoms with Gasteiger partial charge in [-0.15, -0.1) is 11.3 Å². The molecule has 0 saturated carbocycles. The summed E-state index contributed by atoms with van der Waals surface area (Å²) in [6.07, 6.45) is 13.8. The first-order valence-electron chi connectivity index (χ1n) is 11.9. The van der Waals surface area contributed by atoms with Crippen molar-refractivity contribution in [2.45, 2.75) is 39.2 Å². The van der Waals surface area contributed by atoms with Gasteiger partial charge in [0.1, 0.15) is 0 Å². The number of thiophene rings is 1. The van der Waals surface area contributed by atoms with Crippen LogP contribution in [0.4, 0.5) is 11.8 Å². The lowest BCUT2D eigenvalue weighted by molar-refractivity contribution is 0.282. The maximum Gasteiger partial charge on any atom is 0.269 e. The van der Waals surface area contributed by atoms with Crippen LogP contribution in [0.1, 0.15) is 34.5 Å². The van der Waals surface area contributed by atoms with Gasteiger partial charge in [-0.1, -0.05) is 0 Å². The topological polar surface area (TPSA) is 108 Å². The van der Waals surface area contributed by atoms with Crippen LogP contribution in [-0.4, -0.2) is 24.7 Å². The molecule has 0 amide bonds. The van der Waals surface area contributed by atoms with Crippen LogP contribution in [-0.2, 0) is 19.4 Å². The molecule has 182 valence electrons. The summed E-state index contributed by atoms with van der Waals surface area (Å²) in [5.41, 5.74) is 10.4. The average molecular weight is 500 g/mol. The first-order chi connectivity index (χ1) is 17.6. The van der Waals surface area contributed by atoms with Gasteiger partial charge in [-0.05, 0) is 61.9 Å². The van der Waals surface area contributed by atoms with Crippen LogP contribution in [0.15, 0.2) is 47.7 Å². The lowest BCUT2D eigenvalue weighted by Crippen LogP contribution is -2.42. The second-order valence-electron chi connectivity index (χ2n) is 8.77. The number of aliphatic hydroxyl groups is 1. The number of aryl methyl sites for hydroxylation is 1. The minimum atomic E-state index is -0.238. The van der Waals surface area contributed by atoms with E-state index in [2.05, 4.69) is 32.0 Å². The summed E-state index contributed by atoms with van der Waals surface area (Å²) in [5, 5.41) is 13.6. The number of hydrogen-bond acceptors (Lipinski definition) is 9. The van der Waals surface area contributed by atoms with Crippen molar-refractivity contribution in [1.82, 2.24) is 25.1 Å². The van der Waals surface area contributed by atoms with E-state index in [1.165, 1.54) is 43.8 Å². The molecule has 0 fully saturated rings. The summed E-state index contributed by atoms with van der Waals surface area (Å²) in [7, 11) is 0. The van der Waals surface area contributed by atoms with E-state index >= 15 is 0 Å². The molecule has 4 aromatic heterocycles. The number of nitrogens with one attached hydrogen (secondary N) is 2. The van der Waals surface area contributed by atoms with Crippen molar-refractivity contribution in [2.24, 2.45) is 0 Å². The third kappa shape index (κ3) is 3.84. The Morgan fingerprint density at radius 3 is 2.75 bits per heavy atom. The molecule has 0 spiro atoms. The van der Waals surface area contributed by atoms with Crippen LogP contribution < -0.4 is 31.2 Å². The molecular weight excluding hydrogens is 474 g/mol. The lowest BCUT2D eigenvalue weighted by atomic mass is 9.98. The maximum absolute atomic E-state index is 12.7. The second-order valence-corrected chi connectivity index (χ2v) is 9.91. The Morgan fingerprint density at radius 1 is 1.08 bits per heavy atom. The van der Waals surface area contributed by atoms with E-state index in [9.17, 15) is 9.90 Å². The highest BCUT2D eigenvalue weighted by atomic mass is 32.1. The first kappa shape index (κ1) is 22.4. The monoisotopic (exact) mass is 499 g/mol. The largest absolute Gasteiger partial charge is 0.392 e. The van der Waals surface area contributed by atoms with Gasteiger partial charge in [0.15, 0.2) is 5.82 Å². The Kier molecular flexibility index (Phi) is 5.74. The molecule has 0 atom stereocenters. The molecule has 6 rings (SSSR count). The van der Waals surface area contributed by atoms with Crippen molar-refractivity contribution in [3.8, 4) is 11.1 Å². The fourth-order valence-corrected chi connectivity index (χ4v) is 6.19. The molecule has 4 aromatic rings. The van der Waals surface area contributed by atoms with Gasteiger partial charge < -0.3 is 5.11 Å². The zero-order chi connectivity index (χ0) is 24.6. The molecule has 10 heteroatoms. The van der Waals surface area contributed by atoms with E-state index in [1.807, 2.05) is 35.5 Å². The van der Waals surface area contributed by atoms with Crippen molar-refractivity contribution < 1.29 is 5.11 Å². The quantitative estimate of drug-likeness (QED) is 0.382. The number of nitrogens with zero attached hydrogens (tertiary/aromatic N) is 5. The molecule has 0 aromatic carbocycles. The van der Waals surface area contributed by atoms with Crippen LogP contribution in [0.5, 0.6) is 0 Å². The molecular formula is C26H25N7O2S. The highest BCUT2D eigenvalue weighted by molar-refractivity contribution is 7.10. The number of hydrogen-bond donors (Lipinski definition) is 3. The van der Waals surface area contributed by atoms with E-state index in [0.29, 0.717) is 23.0 Å².